The van der Waals surface area contributed by atoms with Crippen LogP contribution in [0.1, 0.15) is 43.8 Å². The predicted molar refractivity (Wildman–Crippen MR) is 60.4 cm³/mol. The summed E-state index contributed by atoms with van der Waals surface area (Å²) in [6.07, 6.45) is 6.65. The largest absolute Gasteiger partial charge is 0.461 e. The highest BCUT2D eigenvalue weighted by Crippen LogP contribution is 2.38. The number of carbonyl (C=O) groups excluding carboxylic acids is 1. The molecule has 17 heavy (non-hydrogen) atoms. The minimum atomic E-state index is -0.241. The fraction of sp³-hybridized carbons (Fsp3) is 0.583. The molecular weight excluding hydrogens is 220 g/mol. The third-order valence-corrected chi connectivity index (χ3v) is 2.55. The van der Waals surface area contributed by atoms with Gasteiger partial charge in [-0.15, -0.1) is 0 Å². The molecule has 5 heteroatoms. The molecule has 0 bridgehead atoms. The molecule has 1 aliphatic carbocycles. The third kappa shape index (κ3) is 3.69. The first kappa shape index (κ1) is 11.8. The molecule has 1 aliphatic rings. The molecule has 92 valence electrons. The van der Waals surface area contributed by atoms with Gasteiger partial charge in [0.25, 0.3) is 0 Å². The number of aryl methyl sites for hydroxylation is 1. The number of nitrogens with zero attached hydrogens (tertiary/aromatic N) is 2. The summed E-state index contributed by atoms with van der Waals surface area (Å²) in [7, 11) is 0. The van der Waals surface area contributed by atoms with Crippen LogP contribution in [0.2, 0.25) is 0 Å². The summed E-state index contributed by atoms with van der Waals surface area (Å²) in [6.45, 7) is 2.21. The van der Waals surface area contributed by atoms with Crippen LogP contribution in [0.15, 0.2) is 16.7 Å². The topological polar surface area (TPSA) is 65.2 Å². The Balaban J connectivity index is 1.71. The van der Waals surface area contributed by atoms with E-state index in [2.05, 4.69) is 10.1 Å². The highest BCUT2D eigenvalue weighted by Gasteiger charge is 2.28. The van der Waals surface area contributed by atoms with Gasteiger partial charge in [0.1, 0.15) is 6.61 Å². The maximum Gasteiger partial charge on any atom is 0.306 e. The van der Waals surface area contributed by atoms with Crippen molar-refractivity contribution in [2.75, 3.05) is 6.61 Å². The van der Waals surface area contributed by atoms with Crippen molar-refractivity contribution in [2.24, 2.45) is 0 Å². The lowest BCUT2D eigenvalue weighted by Crippen LogP contribution is -2.05. The van der Waals surface area contributed by atoms with Crippen LogP contribution in [-0.4, -0.2) is 22.7 Å². The predicted octanol–water partition coefficient (Wildman–Crippen LogP) is 2.00. The second kappa shape index (κ2) is 5.61. The molecule has 0 amide bonds. The molecule has 1 heterocycles. The number of hydrogen-bond donors (Lipinski definition) is 0. The summed E-state index contributed by atoms with van der Waals surface area (Å²) in [5.41, 5.74) is 0. The summed E-state index contributed by atoms with van der Waals surface area (Å²) in [5, 5.41) is 3.88. The molecule has 1 aromatic heterocycles. The molecule has 0 atom stereocenters. The highest BCUT2D eigenvalue weighted by atomic mass is 16.5. The van der Waals surface area contributed by atoms with Gasteiger partial charge in [-0.2, -0.15) is 4.98 Å². The van der Waals surface area contributed by atoms with Crippen LogP contribution in [0.5, 0.6) is 0 Å². The van der Waals surface area contributed by atoms with Crippen LogP contribution in [0.4, 0.5) is 0 Å². The van der Waals surface area contributed by atoms with Crippen molar-refractivity contribution in [3.63, 3.8) is 0 Å². The Hall–Kier alpha value is -1.65. The lowest BCUT2D eigenvalue weighted by molar-refractivity contribution is -0.142. The van der Waals surface area contributed by atoms with Crippen LogP contribution in [-0.2, 0) is 16.0 Å². The maximum absolute atomic E-state index is 11.3. The second-order valence-electron chi connectivity index (χ2n) is 4.07. The lowest BCUT2D eigenvalue weighted by Gasteiger charge is -1.98. The maximum atomic E-state index is 11.3. The van der Waals surface area contributed by atoms with E-state index < -0.39 is 0 Å². The lowest BCUT2D eigenvalue weighted by atomic mass is 10.3. The summed E-state index contributed by atoms with van der Waals surface area (Å²) in [5.74, 6) is 1.54. The molecule has 0 saturated heterocycles. The summed E-state index contributed by atoms with van der Waals surface area (Å²) >= 11 is 0. The molecule has 1 saturated carbocycles. The Morgan fingerprint density at radius 2 is 2.41 bits per heavy atom. The zero-order valence-electron chi connectivity index (χ0n) is 9.89. The Morgan fingerprint density at radius 1 is 1.59 bits per heavy atom. The van der Waals surface area contributed by atoms with Crippen molar-refractivity contribution in [3.8, 4) is 0 Å². The van der Waals surface area contributed by atoms with Crippen molar-refractivity contribution >= 4 is 5.97 Å². The average Bonchev–Trinajstić information content (AvgIpc) is 3.07. The molecular formula is C12H16N2O3. The van der Waals surface area contributed by atoms with Gasteiger partial charge in [-0.3, -0.25) is 4.79 Å². The summed E-state index contributed by atoms with van der Waals surface area (Å²) in [4.78, 5) is 15.5. The van der Waals surface area contributed by atoms with Crippen molar-refractivity contribution in [3.05, 3.63) is 23.9 Å². The first-order valence-corrected chi connectivity index (χ1v) is 5.89. The van der Waals surface area contributed by atoms with Gasteiger partial charge >= 0.3 is 5.97 Å². The van der Waals surface area contributed by atoms with Crippen LogP contribution in [0, 0.1) is 0 Å². The molecule has 0 N–H and O–H groups in total. The number of ether oxygens (including phenoxy) is 1. The third-order valence-electron chi connectivity index (χ3n) is 2.55. The average molecular weight is 236 g/mol. The quantitative estimate of drug-likeness (QED) is 0.558. The van der Waals surface area contributed by atoms with Gasteiger partial charge in [0.2, 0.25) is 5.89 Å². The molecule has 0 aromatic carbocycles. The van der Waals surface area contributed by atoms with E-state index in [1.807, 2.05) is 13.0 Å². The molecule has 0 aliphatic heterocycles. The van der Waals surface area contributed by atoms with Crippen molar-refractivity contribution in [1.29, 1.82) is 0 Å². The van der Waals surface area contributed by atoms with Crippen molar-refractivity contribution in [1.82, 2.24) is 10.1 Å². The molecule has 0 spiro atoms. The van der Waals surface area contributed by atoms with Crippen LogP contribution in [0.25, 0.3) is 0 Å². The van der Waals surface area contributed by atoms with E-state index in [1.54, 1.807) is 6.08 Å². The molecule has 0 radical (unpaired) electrons. The zero-order chi connectivity index (χ0) is 12.1. The number of carbonyl (C=O) groups is 1. The minimum Gasteiger partial charge on any atom is -0.461 e. The van der Waals surface area contributed by atoms with E-state index in [4.69, 9.17) is 9.26 Å². The Kier molecular flexibility index (Phi) is 3.90. The number of hydrogen-bond acceptors (Lipinski definition) is 5. The molecule has 1 fully saturated rings. The Bertz CT molecular complexity index is 408. The summed E-state index contributed by atoms with van der Waals surface area (Å²) in [6, 6.07) is 0. The fourth-order valence-electron chi connectivity index (χ4n) is 1.40. The Morgan fingerprint density at radius 3 is 3.12 bits per heavy atom. The van der Waals surface area contributed by atoms with Crippen LogP contribution >= 0.6 is 0 Å². The van der Waals surface area contributed by atoms with Gasteiger partial charge in [-0.25, -0.2) is 0 Å². The van der Waals surface area contributed by atoms with E-state index in [9.17, 15) is 4.79 Å². The van der Waals surface area contributed by atoms with E-state index in [0.29, 0.717) is 24.8 Å². The van der Waals surface area contributed by atoms with Crippen LogP contribution < -0.4 is 0 Å². The normalized spacial score (nSPS) is 15.4. The highest BCUT2D eigenvalue weighted by molar-refractivity contribution is 5.69. The van der Waals surface area contributed by atoms with E-state index in [-0.39, 0.29) is 12.4 Å². The number of esters is 1. The molecule has 2 rings (SSSR count). The van der Waals surface area contributed by atoms with Crippen LogP contribution in [0.3, 0.4) is 0 Å². The van der Waals surface area contributed by atoms with Gasteiger partial charge < -0.3 is 9.26 Å². The van der Waals surface area contributed by atoms with E-state index in [0.717, 1.165) is 18.7 Å². The fourth-order valence-corrected chi connectivity index (χ4v) is 1.40. The van der Waals surface area contributed by atoms with Gasteiger partial charge in [0, 0.05) is 12.3 Å². The van der Waals surface area contributed by atoms with E-state index in [1.165, 1.54) is 0 Å². The number of rotatable bonds is 6. The Labute approximate surface area is 99.8 Å². The van der Waals surface area contributed by atoms with Crippen molar-refractivity contribution < 1.29 is 14.1 Å². The number of allylic oxidation sites excluding steroid dienone is 1. The summed E-state index contributed by atoms with van der Waals surface area (Å²) < 4.78 is 10.0. The number of aromatic nitrogens is 2. The van der Waals surface area contributed by atoms with Gasteiger partial charge in [0.05, 0.1) is 6.42 Å². The smallest absolute Gasteiger partial charge is 0.306 e. The monoisotopic (exact) mass is 236 g/mol. The van der Waals surface area contributed by atoms with Gasteiger partial charge in [-0.05, 0) is 19.8 Å². The SMILES string of the molecule is C/C=C/COC(=O)CCc1nc(C2CC2)no1. The van der Waals surface area contributed by atoms with Crippen molar-refractivity contribution in [2.45, 2.75) is 38.5 Å². The minimum absolute atomic E-state index is 0.241. The zero-order valence-corrected chi connectivity index (χ0v) is 9.89. The molecule has 0 unspecified atom stereocenters. The van der Waals surface area contributed by atoms with E-state index >= 15 is 0 Å². The standard InChI is InChI=1S/C12H16N2O3/c1-2-3-8-16-11(15)7-6-10-13-12(14-17-10)9-4-5-9/h2-3,9H,4-8H2,1H3/b3-2+. The molecule has 5 nitrogen and oxygen atoms in total. The van der Waals surface area contributed by atoms with Gasteiger partial charge in [0.15, 0.2) is 5.82 Å². The first-order chi connectivity index (χ1) is 8.29. The van der Waals surface area contributed by atoms with Gasteiger partial charge in [-0.1, -0.05) is 17.3 Å². The first-order valence-electron chi connectivity index (χ1n) is 5.89. The second-order valence-corrected chi connectivity index (χ2v) is 4.07. The molecule has 1 aromatic rings.